The molecule has 29 heavy (non-hydrogen) atoms. The van der Waals surface area contributed by atoms with E-state index in [-0.39, 0.29) is 5.56 Å². The first-order valence-electron chi connectivity index (χ1n) is 9.80. The highest BCUT2D eigenvalue weighted by molar-refractivity contribution is 7.18. The average Bonchev–Trinajstić information content (AvgIpc) is 3.12. The van der Waals surface area contributed by atoms with Gasteiger partial charge in [-0.2, -0.15) is 0 Å². The third kappa shape index (κ3) is 3.40. The fourth-order valence-corrected chi connectivity index (χ4v) is 5.01. The Morgan fingerprint density at radius 2 is 1.72 bits per heavy atom. The Labute approximate surface area is 172 Å². The quantitative estimate of drug-likeness (QED) is 0.495. The molecule has 2 heterocycles. The van der Waals surface area contributed by atoms with E-state index in [4.69, 9.17) is 9.72 Å². The van der Waals surface area contributed by atoms with E-state index < -0.39 is 0 Å². The van der Waals surface area contributed by atoms with Gasteiger partial charge in [-0.1, -0.05) is 18.2 Å². The van der Waals surface area contributed by atoms with E-state index in [1.54, 1.807) is 23.0 Å². The SMILES string of the molecule is Cn1c(Nc2ccc(Oc3ccccc3)cc2)nc2sc3c(c2c1=O)CCCC3. The molecular formula is C23H21N3O2S. The summed E-state index contributed by atoms with van der Waals surface area (Å²) in [6.45, 7) is 0. The van der Waals surface area contributed by atoms with Crippen molar-refractivity contribution in [2.24, 2.45) is 7.05 Å². The molecule has 1 N–H and O–H groups in total. The van der Waals surface area contributed by atoms with Crippen molar-refractivity contribution >= 4 is 33.2 Å². The van der Waals surface area contributed by atoms with Crippen LogP contribution >= 0.6 is 11.3 Å². The molecule has 0 unspecified atom stereocenters. The number of aryl methyl sites for hydroxylation is 2. The lowest BCUT2D eigenvalue weighted by Crippen LogP contribution is -2.21. The number of para-hydroxylation sites is 1. The lowest BCUT2D eigenvalue weighted by molar-refractivity contribution is 0.483. The normalized spacial score (nSPS) is 13.3. The number of benzene rings is 2. The molecule has 0 atom stereocenters. The Balaban J connectivity index is 1.43. The number of aromatic nitrogens is 2. The highest BCUT2D eigenvalue weighted by Crippen LogP contribution is 2.34. The second-order valence-corrected chi connectivity index (χ2v) is 8.34. The predicted octanol–water partition coefficient (Wildman–Crippen LogP) is 5.41. The third-order valence-electron chi connectivity index (χ3n) is 5.29. The van der Waals surface area contributed by atoms with Crippen LogP contribution in [0.4, 0.5) is 11.6 Å². The van der Waals surface area contributed by atoms with Gasteiger partial charge in [0.2, 0.25) is 5.95 Å². The van der Waals surface area contributed by atoms with Crippen molar-refractivity contribution in [3.8, 4) is 11.5 Å². The molecule has 1 aliphatic carbocycles. The molecule has 0 saturated heterocycles. The standard InChI is InChI=1S/C23H21N3O2S/c1-26-22(27)20-18-9-5-6-10-19(18)29-21(20)25-23(26)24-15-11-13-17(14-12-15)28-16-7-3-2-4-8-16/h2-4,7-8,11-14H,5-6,9-10H2,1H3,(H,24,25). The lowest BCUT2D eigenvalue weighted by atomic mass is 9.97. The summed E-state index contributed by atoms with van der Waals surface area (Å²) in [4.78, 5) is 19.9. The van der Waals surface area contributed by atoms with Gasteiger partial charge in [0.25, 0.3) is 5.56 Å². The van der Waals surface area contributed by atoms with Gasteiger partial charge >= 0.3 is 0 Å². The van der Waals surface area contributed by atoms with Crippen molar-refractivity contribution in [1.29, 1.82) is 0 Å². The van der Waals surface area contributed by atoms with Crippen LogP contribution in [0.3, 0.4) is 0 Å². The summed E-state index contributed by atoms with van der Waals surface area (Å²) in [5, 5.41) is 4.09. The van der Waals surface area contributed by atoms with E-state index in [1.807, 2.05) is 54.6 Å². The van der Waals surface area contributed by atoms with Crippen molar-refractivity contribution in [3.05, 3.63) is 75.4 Å². The molecule has 0 fully saturated rings. The molecule has 0 radical (unpaired) electrons. The van der Waals surface area contributed by atoms with Crippen LogP contribution < -0.4 is 15.6 Å². The van der Waals surface area contributed by atoms with Crippen LogP contribution in [-0.2, 0) is 19.9 Å². The fraction of sp³-hybridized carbons (Fsp3) is 0.217. The molecule has 4 aromatic rings. The summed E-state index contributed by atoms with van der Waals surface area (Å²) in [5.41, 5.74) is 2.10. The number of rotatable bonds is 4. The molecule has 146 valence electrons. The summed E-state index contributed by atoms with van der Waals surface area (Å²) < 4.78 is 7.44. The summed E-state index contributed by atoms with van der Waals surface area (Å²) in [6, 6.07) is 17.3. The largest absolute Gasteiger partial charge is 0.457 e. The lowest BCUT2D eigenvalue weighted by Gasteiger charge is -2.12. The Kier molecular flexibility index (Phi) is 4.56. The molecule has 0 saturated carbocycles. The van der Waals surface area contributed by atoms with Crippen molar-refractivity contribution in [2.45, 2.75) is 25.7 Å². The van der Waals surface area contributed by atoms with Crippen molar-refractivity contribution in [3.63, 3.8) is 0 Å². The van der Waals surface area contributed by atoms with Gasteiger partial charge in [-0.15, -0.1) is 11.3 Å². The molecule has 0 spiro atoms. The molecule has 2 aromatic heterocycles. The van der Waals surface area contributed by atoms with Gasteiger partial charge in [-0.05, 0) is 67.6 Å². The molecule has 1 aliphatic rings. The Morgan fingerprint density at radius 3 is 2.52 bits per heavy atom. The summed E-state index contributed by atoms with van der Waals surface area (Å²) in [5.74, 6) is 2.10. The van der Waals surface area contributed by atoms with Gasteiger partial charge in [0.1, 0.15) is 16.3 Å². The fourth-order valence-electron chi connectivity index (χ4n) is 3.76. The molecule has 0 bridgehead atoms. The van der Waals surface area contributed by atoms with E-state index in [1.165, 1.54) is 16.9 Å². The molecule has 5 rings (SSSR count). The van der Waals surface area contributed by atoms with Crippen LogP contribution in [0.25, 0.3) is 10.2 Å². The Morgan fingerprint density at radius 1 is 1.00 bits per heavy atom. The zero-order valence-corrected chi connectivity index (χ0v) is 17.0. The maximum Gasteiger partial charge on any atom is 0.263 e. The smallest absolute Gasteiger partial charge is 0.263 e. The predicted molar refractivity (Wildman–Crippen MR) is 118 cm³/mol. The molecule has 6 heteroatoms. The van der Waals surface area contributed by atoms with Crippen LogP contribution in [0.1, 0.15) is 23.3 Å². The molecular weight excluding hydrogens is 382 g/mol. The second-order valence-electron chi connectivity index (χ2n) is 7.26. The number of fused-ring (bicyclic) bond motifs is 3. The second kappa shape index (κ2) is 7.37. The molecule has 0 aliphatic heterocycles. The van der Waals surface area contributed by atoms with Gasteiger partial charge in [-0.25, -0.2) is 4.98 Å². The van der Waals surface area contributed by atoms with Crippen LogP contribution in [0.5, 0.6) is 11.5 Å². The van der Waals surface area contributed by atoms with E-state index in [9.17, 15) is 4.79 Å². The highest BCUT2D eigenvalue weighted by atomic mass is 32.1. The van der Waals surface area contributed by atoms with E-state index in [0.717, 1.165) is 46.7 Å². The van der Waals surface area contributed by atoms with Gasteiger partial charge in [-0.3, -0.25) is 9.36 Å². The molecule has 2 aromatic carbocycles. The van der Waals surface area contributed by atoms with E-state index >= 15 is 0 Å². The van der Waals surface area contributed by atoms with Crippen LogP contribution in [-0.4, -0.2) is 9.55 Å². The summed E-state index contributed by atoms with van der Waals surface area (Å²) >= 11 is 1.67. The summed E-state index contributed by atoms with van der Waals surface area (Å²) in [6.07, 6.45) is 4.40. The molecule has 5 nitrogen and oxygen atoms in total. The average molecular weight is 404 g/mol. The van der Waals surface area contributed by atoms with E-state index in [0.29, 0.717) is 5.95 Å². The highest BCUT2D eigenvalue weighted by Gasteiger charge is 2.21. The first-order valence-corrected chi connectivity index (χ1v) is 10.6. The summed E-state index contributed by atoms with van der Waals surface area (Å²) in [7, 11) is 1.77. The number of nitrogens with one attached hydrogen (secondary N) is 1. The van der Waals surface area contributed by atoms with Gasteiger partial charge < -0.3 is 10.1 Å². The van der Waals surface area contributed by atoms with Crippen molar-refractivity contribution in [1.82, 2.24) is 9.55 Å². The molecule has 0 amide bonds. The Bertz CT molecular complexity index is 1230. The zero-order chi connectivity index (χ0) is 19.8. The third-order valence-corrected chi connectivity index (χ3v) is 6.47. The number of ether oxygens (including phenoxy) is 1. The van der Waals surface area contributed by atoms with Gasteiger partial charge in [0, 0.05) is 17.6 Å². The van der Waals surface area contributed by atoms with Crippen molar-refractivity contribution < 1.29 is 4.74 Å². The topological polar surface area (TPSA) is 56.1 Å². The van der Waals surface area contributed by atoms with Crippen LogP contribution in [0.2, 0.25) is 0 Å². The maximum atomic E-state index is 13.0. The minimum atomic E-state index is 0.0286. The van der Waals surface area contributed by atoms with Crippen LogP contribution in [0, 0.1) is 0 Å². The number of thiophene rings is 1. The number of hydrogen-bond acceptors (Lipinski definition) is 5. The first kappa shape index (κ1) is 17.9. The Hall–Kier alpha value is -3.12. The minimum absolute atomic E-state index is 0.0286. The van der Waals surface area contributed by atoms with Crippen LogP contribution in [0.15, 0.2) is 59.4 Å². The monoisotopic (exact) mass is 403 g/mol. The van der Waals surface area contributed by atoms with Gasteiger partial charge in [0.05, 0.1) is 5.39 Å². The first-order chi connectivity index (χ1) is 14.2. The number of nitrogens with zero attached hydrogens (tertiary/aromatic N) is 2. The maximum absolute atomic E-state index is 13.0. The van der Waals surface area contributed by atoms with Crippen molar-refractivity contribution in [2.75, 3.05) is 5.32 Å². The number of anilines is 2. The van der Waals surface area contributed by atoms with Gasteiger partial charge in [0.15, 0.2) is 0 Å². The van der Waals surface area contributed by atoms with E-state index in [2.05, 4.69) is 5.32 Å². The minimum Gasteiger partial charge on any atom is -0.457 e. The number of hydrogen-bond donors (Lipinski definition) is 1. The zero-order valence-electron chi connectivity index (χ0n) is 16.1.